The summed E-state index contributed by atoms with van der Waals surface area (Å²) in [5.41, 5.74) is 2.03. The summed E-state index contributed by atoms with van der Waals surface area (Å²) in [6, 6.07) is 8.48. The van der Waals surface area contributed by atoms with Crippen molar-refractivity contribution in [1.29, 1.82) is 0 Å². The van der Waals surface area contributed by atoms with Crippen LogP contribution < -0.4 is 0 Å². The second-order valence-corrected chi connectivity index (χ2v) is 6.41. The van der Waals surface area contributed by atoms with Crippen molar-refractivity contribution in [3.05, 3.63) is 35.4 Å². The van der Waals surface area contributed by atoms with Gasteiger partial charge in [0.2, 0.25) is 0 Å². The molecule has 0 fully saturated rings. The van der Waals surface area contributed by atoms with Gasteiger partial charge in [-0.15, -0.1) is 0 Å². The zero-order valence-electron chi connectivity index (χ0n) is 13.0. The first-order chi connectivity index (χ1) is 9.76. The third-order valence-corrected chi connectivity index (χ3v) is 4.75. The van der Waals surface area contributed by atoms with Gasteiger partial charge in [-0.05, 0) is 36.8 Å². The average molecular weight is 274 g/mol. The molecular formula is C19H30O. The molecule has 1 N–H and O–H groups in total. The molecule has 1 heteroatoms. The van der Waals surface area contributed by atoms with Crippen molar-refractivity contribution in [2.75, 3.05) is 0 Å². The molecule has 1 aliphatic rings. The lowest BCUT2D eigenvalue weighted by atomic mass is 9.76. The van der Waals surface area contributed by atoms with E-state index in [0.717, 1.165) is 32.1 Å². The van der Waals surface area contributed by atoms with Crippen LogP contribution in [0.15, 0.2) is 24.3 Å². The highest BCUT2D eigenvalue weighted by Crippen LogP contribution is 2.38. The number of hydrogen-bond donors (Lipinski definition) is 1. The fourth-order valence-electron chi connectivity index (χ4n) is 3.53. The van der Waals surface area contributed by atoms with E-state index in [1.54, 1.807) is 0 Å². The van der Waals surface area contributed by atoms with Crippen LogP contribution in [0.1, 0.15) is 82.3 Å². The number of rotatable bonds is 8. The first-order valence-electron chi connectivity index (χ1n) is 8.57. The molecule has 0 radical (unpaired) electrons. The Labute approximate surface area is 124 Å². The van der Waals surface area contributed by atoms with Crippen molar-refractivity contribution in [3.8, 4) is 0 Å². The van der Waals surface area contributed by atoms with E-state index >= 15 is 0 Å². The van der Waals surface area contributed by atoms with E-state index in [2.05, 4.69) is 31.2 Å². The summed E-state index contributed by atoms with van der Waals surface area (Å²) in [7, 11) is 0. The first kappa shape index (κ1) is 15.6. The topological polar surface area (TPSA) is 20.2 Å². The summed E-state index contributed by atoms with van der Waals surface area (Å²) in [5.74, 6) is 0. The van der Waals surface area contributed by atoms with E-state index in [9.17, 15) is 5.11 Å². The Morgan fingerprint density at radius 1 is 1.00 bits per heavy atom. The predicted molar refractivity (Wildman–Crippen MR) is 85.9 cm³/mol. The van der Waals surface area contributed by atoms with Gasteiger partial charge in [0.15, 0.2) is 0 Å². The maximum atomic E-state index is 11.0. The first-order valence-corrected chi connectivity index (χ1v) is 8.57. The zero-order chi connectivity index (χ0) is 14.3. The molecule has 1 atom stereocenters. The Hall–Kier alpha value is -0.820. The van der Waals surface area contributed by atoms with Gasteiger partial charge in [-0.1, -0.05) is 76.1 Å². The fraction of sp³-hybridized carbons (Fsp3) is 0.684. The molecular weight excluding hydrogens is 244 g/mol. The number of aryl methyl sites for hydroxylation is 1. The van der Waals surface area contributed by atoms with Crippen LogP contribution in [-0.2, 0) is 12.0 Å². The van der Waals surface area contributed by atoms with Gasteiger partial charge in [-0.2, -0.15) is 0 Å². The predicted octanol–water partition coefficient (Wildman–Crippen LogP) is 5.35. The molecule has 1 aromatic carbocycles. The van der Waals surface area contributed by atoms with Crippen LogP contribution in [0.4, 0.5) is 0 Å². The van der Waals surface area contributed by atoms with E-state index in [1.807, 2.05) is 0 Å². The zero-order valence-corrected chi connectivity index (χ0v) is 13.0. The Kier molecular flexibility index (Phi) is 6.09. The van der Waals surface area contributed by atoms with Crippen molar-refractivity contribution in [3.63, 3.8) is 0 Å². The second-order valence-electron chi connectivity index (χ2n) is 6.41. The molecule has 0 heterocycles. The fourth-order valence-corrected chi connectivity index (χ4v) is 3.53. The van der Waals surface area contributed by atoms with Gasteiger partial charge in [0.25, 0.3) is 0 Å². The summed E-state index contributed by atoms with van der Waals surface area (Å²) in [4.78, 5) is 0. The van der Waals surface area contributed by atoms with Crippen molar-refractivity contribution in [2.24, 2.45) is 0 Å². The third kappa shape index (κ3) is 4.09. The van der Waals surface area contributed by atoms with Gasteiger partial charge in [-0.25, -0.2) is 0 Å². The van der Waals surface area contributed by atoms with Gasteiger partial charge in [-0.3, -0.25) is 0 Å². The van der Waals surface area contributed by atoms with Gasteiger partial charge >= 0.3 is 0 Å². The minimum atomic E-state index is -0.543. The average Bonchev–Trinajstić information content (AvgIpc) is 2.47. The smallest absolute Gasteiger partial charge is 0.0899 e. The molecule has 0 saturated heterocycles. The SMILES string of the molecule is CCCCCCCCCC1(O)CCCc2ccccc21. The van der Waals surface area contributed by atoms with E-state index in [1.165, 1.54) is 49.7 Å². The standard InChI is InChI=1S/C19H30O/c1-2-3-4-5-6-7-10-15-19(20)16-11-13-17-12-8-9-14-18(17)19/h8-9,12,14,20H,2-7,10-11,13,15-16H2,1H3. The van der Waals surface area contributed by atoms with Crippen LogP contribution in [0, 0.1) is 0 Å². The van der Waals surface area contributed by atoms with Crippen LogP contribution >= 0.6 is 0 Å². The van der Waals surface area contributed by atoms with E-state index in [-0.39, 0.29) is 0 Å². The summed E-state index contributed by atoms with van der Waals surface area (Å²) in [6.07, 6.45) is 13.3. The lowest BCUT2D eigenvalue weighted by Gasteiger charge is -2.34. The number of benzene rings is 1. The van der Waals surface area contributed by atoms with Gasteiger partial charge in [0, 0.05) is 0 Å². The van der Waals surface area contributed by atoms with Crippen LogP contribution in [-0.4, -0.2) is 5.11 Å². The molecule has 1 aliphatic carbocycles. The van der Waals surface area contributed by atoms with Gasteiger partial charge in [0.05, 0.1) is 5.60 Å². The highest BCUT2D eigenvalue weighted by atomic mass is 16.3. The number of unbranched alkanes of at least 4 members (excludes halogenated alkanes) is 6. The summed E-state index contributed by atoms with van der Waals surface area (Å²) >= 11 is 0. The van der Waals surface area contributed by atoms with Crippen LogP contribution in [0.5, 0.6) is 0 Å². The molecule has 0 bridgehead atoms. The van der Waals surface area contributed by atoms with Crippen molar-refractivity contribution < 1.29 is 5.11 Å². The molecule has 112 valence electrons. The van der Waals surface area contributed by atoms with Crippen LogP contribution in [0.3, 0.4) is 0 Å². The summed E-state index contributed by atoms with van der Waals surface area (Å²) in [5, 5.41) is 11.0. The van der Waals surface area contributed by atoms with Crippen molar-refractivity contribution in [1.82, 2.24) is 0 Å². The van der Waals surface area contributed by atoms with Gasteiger partial charge in [0.1, 0.15) is 0 Å². The van der Waals surface area contributed by atoms with E-state index in [4.69, 9.17) is 0 Å². The Balaban J connectivity index is 1.78. The lowest BCUT2D eigenvalue weighted by Crippen LogP contribution is -2.30. The van der Waals surface area contributed by atoms with Gasteiger partial charge < -0.3 is 5.11 Å². The van der Waals surface area contributed by atoms with Crippen LogP contribution in [0.2, 0.25) is 0 Å². The summed E-state index contributed by atoms with van der Waals surface area (Å²) in [6.45, 7) is 2.26. The monoisotopic (exact) mass is 274 g/mol. The molecule has 2 rings (SSSR count). The minimum absolute atomic E-state index is 0.543. The second kappa shape index (κ2) is 7.83. The Bertz CT molecular complexity index is 399. The molecule has 0 spiro atoms. The Morgan fingerprint density at radius 3 is 2.50 bits per heavy atom. The quantitative estimate of drug-likeness (QED) is 0.633. The molecule has 0 aliphatic heterocycles. The normalized spacial score (nSPS) is 21.7. The molecule has 20 heavy (non-hydrogen) atoms. The molecule has 0 amide bonds. The lowest BCUT2D eigenvalue weighted by molar-refractivity contribution is 0.00755. The number of hydrogen-bond acceptors (Lipinski definition) is 1. The van der Waals surface area contributed by atoms with E-state index < -0.39 is 5.60 Å². The van der Waals surface area contributed by atoms with Crippen molar-refractivity contribution >= 4 is 0 Å². The molecule has 0 saturated carbocycles. The molecule has 1 nitrogen and oxygen atoms in total. The maximum absolute atomic E-state index is 11.0. The highest BCUT2D eigenvalue weighted by Gasteiger charge is 2.33. The maximum Gasteiger partial charge on any atom is 0.0899 e. The van der Waals surface area contributed by atoms with E-state index in [0.29, 0.717) is 0 Å². The third-order valence-electron chi connectivity index (χ3n) is 4.75. The highest BCUT2D eigenvalue weighted by molar-refractivity contribution is 5.34. The number of fused-ring (bicyclic) bond motifs is 1. The minimum Gasteiger partial charge on any atom is -0.385 e. The molecule has 0 aromatic heterocycles. The molecule has 1 aromatic rings. The van der Waals surface area contributed by atoms with Crippen molar-refractivity contribution in [2.45, 2.75) is 83.2 Å². The Morgan fingerprint density at radius 2 is 1.70 bits per heavy atom. The number of aliphatic hydroxyl groups is 1. The summed E-state index contributed by atoms with van der Waals surface area (Å²) < 4.78 is 0. The largest absolute Gasteiger partial charge is 0.385 e. The molecule has 1 unspecified atom stereocenters. The van der Waals surface area contributed by atoms with Crippen LogP contribution in [0.25, 0.3) is 0 Å².